The van der Waals surface area contributed by atoms with Gasteiger partial charge in [0.05, 0.1) is 18.5 Å². The molecule has 0 bridgehead atoms. The van der Waals surface area contributed by atoms with Crippen molar-refractivity contribution in [2.45, 2.75) is 6.42 Å². The molecule has 1 aliphatic heterocycles. The molecule has 0 saturated carbocycles. The van der Waals surface area contributed by atoms with Gasteiger partial charge in [0.1, 0.15) is 11.6 Å². The first kappa shape index (κ1) is 13.0. The molecule has 1 saturated heterocycles. The van der Waals surface area contributed by atoms with Gasteiger partial charge in [-0.1, -0.05) is 0 Å². The number of benzene rings is 1. The van der Waals surface area contributed by atoms with Gasteiger partial charge >= 0.3 is 0 Å². The second-order valence-electron chi connectivity index (χ2n) is 4.69. The van der Waals surface area contributed by atoms with E-state index in [0.29, 0.717) is 17.1 Å². The third-order valence-electron chi connectivity index (χ3n) is 3.36. The lowest BCUT2D eigenvalue weighted by Gasteiger charge is -2.24. The summed E-state index contributed by atoms with van der Waals surface area (Å²) in [5.74, 6) is 0.252. The summed E-state index contributed by atoms with van der Waals surface area (Å²) >= 11 is 0. The fraction of sp³-hybridized carbons (Fsp3) is 0.538. The SMILES string of the molecule is COc1cc(N2CCCN(C)CC2)c(F)cc1N. The summed E-state index contributed by atoms with van der Waals surface area (Å²) in [6.45, 7) is 3.66. The van der Waals surface area contributed by atoms with Gasteiger partial charge < -0.3 is 20.3 Å². The minimum atomic E-state index is -0.280. The number of rotatable bonds is 2. The van der Waals surface area contributed by atoms with Gasteiger partial charge in [-0.15, -0.1) is 0 Å². The molecule has 0 radical (unpaired) electrons. The van der Waals surface area contributed by atoms with Crippen molar-refractivity contribution in [1.29, 1.82) is 0 Å². The van der Waals surface area contributed by atoms with Gasteiger partial charge in [0, 0.05) is 31.8 Å². The molecule has 5 heteroatoms. The zero-order chi connectivity index (χ0) is 13.1. The summed E-state index contributed by atoms with van der Waals surface area (Å²) in [4.78, 5) is 4.31. The molecule has 0 amide bonds. The van der Waals surface area contributed by atoms with Gasteiger partial charge in [-0.3, -0.25) is 0 Å². The molecule has 0 unspecified atom stereocenters. The molecule has 0 spiro atoms. The molecule has 2 N–H and O–H groups in total. The smallest absolute Gasteiger partial charge is 0.148 e. The number of hydrogen-bond acceptors (Lipinski definition) is 4. The molecule has 1 aromatic rings. The summed E-state index contributed by atoms with van der Waals surface area (Å²) < 4.78 is 19.1. The Morgan fingerprint density at radius 3 is 2.72 bits per heavy atom. The van der Waals surface area contributed by atoms with Crippen molar-refractivity contribution in [1.82, 2.24) is 4.90 Å². The highest BCUT2D eigenvalue weighted by Crippen LogP contribution is 2.31. The Morgan fingerprint density at radius 2 is 2.00 bits per heavy atom. The lowest BCUT2D eigenvalue weighted by molar-refractivity contribution is 0.360. The van der Waals surface area contributed by atoms with Gasteiger partial charge in [0.15, 0.2) is 0 Å². The first-order valence-electron chi connectivity index (χ1n) is 6.18. The van der Waals surface area contributed by atoms with E-state index in [0.717, 1.165) is 32.6 Å². The molecule has 1 aromatic carbocycles. The molecule has 18 heavy (non-hydrogen) atoms. The average molecular weight is 253 g/mol. The minimum Gasteiger partial charge on any atom is -0.495 e. The highest BCUT2D eigenvalue weighted by molar-refractivity contribution is 5.63. The van der Waals surface area contributed by atoms with Crippen molar-refractivity contribution < 1.29 is 9.13 Å². The van der Waals surface area contributed by atoms with Crippen LogP contribution in [0.15, 0.2) is 12.1 Å². The van der Waals surface area contributed by atoms with E-state index in [1.165, 1.54) is 6.07 Å². The van der Waals surface area contributed by atoms with Crippen molar-refractivity contribution >= 4 is 11.4 Å². The average Bonchev–Trinajstić information content (AvgIpc) is 2.54. The molecular formula is C13H20FN3O. The van der Waals surface area contributed by atoms with Crippen LogP contribution in [-0.4, -0.2) is 45.2 Å². The van der Waals surface area contributed by atoms with E-state index < -0.39 is 0 Å². The zero-order valence-corrected chi connectivity index (χ0v) is 10.9. The molecular weight excluding hydrogens is 233 g/mol. The van der Waals surface area contributed by atoms with Gasteiger partial charge in [-0.05, 0) is 20.0 Å². The van der Waals surface area contributed by atoms with Crippen molar-refractivity contribution in [2.75, 3.05) is 51.0 Å². The van der Waals surface area contributed by atoms with Crippen LogP contribution in [0.2, 0.25) is 0 Å². The van der Waals surface area contributed by atoms with Crippen molar-refractivity contribution in [3.63, 3.8) is 0 Å². The maximum absolute atomic E-state index is 14.0. The predicted octanol–water partition coefficient (Wildman–Crippen LogP) is 1.56. The van der Waals surface area contributed by atoms with Gasteiger partial charge in [0.25, 0.3) is 0 Å². The standard InChI is InChI=1S/C13H20FN3O/c1-16-4-3-5-17(7-6-16)12-9-13(18-2)11(15)8-10(12)14/h8-9H,3-7,15H2,1-2H3. The third-order valence-corrected chi connectivity index (χ3v) is 3.36. The fourth-order valence-corrected chi connectivity index (χ4v) is 2.26. The molecule has 100 valence electrons. The number of halogens is 1. The van der Waals surface area contributed by atoms with Crippen LogP contribution in [0, 0.1) is 5.82 Å². The normalized spacial score (nSPS) is 17.6. The molecule has 1 heterocycles. The number of anilines is 2. The zero-order valence-electron chi connectivity index (χ0n) is 10.9. The predicted molar refractivity (Wildman–Crippen MR) is 71.7 cm³/mol. The molecule has 1 fully saturated rings. The van der Waals surface area contributed by atoms with E-state index in [4.69, 9.17) is 10.5 Å². The largest absolute Gasteiger partial charge is 0.495 e. The van der Waals surface area contributed by atoms with Crippen LogP contribution in [0.1, 0.15) is 6.42 Å². The molecule has 0 atom stereocenters. The number of nitrogens with two attached hydrogens (primary N) is 1. The van der Waals surface area contributed by atoms with Crippen LogP contribution < -0.4 is 15.4 Å². The highest BCUT2D eigenvalue weighted by Gasteiger charge is 2.17. The molecule has 2 rings (SSSR count). The Bertz CT molecular complexity index is 425. The first-order valence-corrected chi connectivity index (χ1v) is 6.18. The first-order chi connectivity index (χ1) is 8.61. The van der Waals surface area contributed by atoms with Crippen LogP contribution in [0.25, 0.3) is 0 Å². The second-order valence-corrected chi connectivity index (χ2v) is 4.69. The fourth-order valence-electron chi connectivity index (χ4n) is 2.26. The van der Waals surface area contributed by atoms with Crippen LogP contribution in [0.3, 0.4) is 0 Å². The van der Waals surface area contributed by atoms with E-state index in [9.17, 15) is 4.39 Å². The highest BCUT2D eigenvalue weighted by atomic mass is 19.1. The Balaban J connectivity index is 2.26. The lowest BCUT2D eigenvalue weighted by atomic mass is 10.2. The van der Waals surface area contributed by atoms with Crippen LogP contribution in [0.5, 0.6) is 5.75 Å². The van der Waals surface area contributed by atoms with Gasteiger partial charge in [0.2, 0.25) is 0 Å². The molecule has 0 aromatic heterocycles. The van der Waals surface area contributed by atoms with E-state index in [-0.39, 0.29) is 5.82 Å². The summed E-state index contributed by atoms with van der Waals surface area (Å²) in [5, 5.41) is 0. The number of ether oxygens (including phenoxy) is 1. The van der Waals surface area contributed by atoms with Gasteiger partial charge in [-0.25, -0.2) is 4.39 Å². The lowest BCUT2D eigenvalue weighted by Crippen LogP contribution is -2.29. The number of likely N-dealkylation sites (N-methyl/N-ethyl adjacent to an activating group) is 1. The van der Waals surface area contributed by atoms with E-state index in [1.807, 2.05) is 0 Å². The van der Waals surface area contributed by atoms with Crippen molar-refractivity contribution in [3.05, 3.63) is 17.9 Å². The van der Waals surface area contributed by atoms with E-state index in [2.05, 4.69) is 16.8 Å². The summed E-state index contributed by atoms with van der Waals surface area (Å²) in [5.41, 5.74) is 6.61. The van der Waals surface area contributed by atoms with E-state index >= 15 is 0 Å². The molecule has 1 aliphatic rings. The summed E-state index contributed by atoms with van der Waals surface area (Å²) in [6.07, 6.45) is 1.03. The van der Waals surface area contributed by atoms with E-state index in [1.54, 1.807) is 13.2 Å². The quantitative estimate of drug-likeness (QED) is 0.812. The molecule has 0 aliphatic carbocycles. The topological polar surface area (TPSA) is 41.7 Å². The Morgan fingerprint density at radius 1 is 1.22 bits per heavy atom. The van der Waals surface area contributed by atoms with Crippen LogP contribution >= 0.6 is 0 Å². The van der Waals surface area contributed by atoms with Crippen LogP contribution in [0.4, 0.5) is 15.8 Å². The van der Waals surface area contributed by atoms with Crippen molar-refractivity contribution in [3.8, 4) is 5.75 Å². The summed E-state index contributed by atoms with van der Waals surface area (Å²) in [6, 6.07) is 3.03. The maximum atomic E-state index is 14.0. The Kier molecular flexibility index (Phi) is 3.91. The summed E-state index contributed by atoms with van der Waals surface area (Å²) in [7, 11) is 3.63. The number of hydrogen-bond donors (Lipinski definition) is 1. The maximum Gasteiger partial charge on any atom is 0.148 e. The minimum absolute atomic E-state index is 0.280. The Labute approximate surface area is 107 Å². The van der Waals surface area contributed by atoms with Crippen molar-refractivity contribution in [2.24, 2.45) is 0 Å². The van der Waals surface area contributed by atoms with Gasteiger partial charge in [-0.2, -0.15) is 0 Å². The monoisotopic (exact) mass is 253 g/mol. The van der Waals surface area contributed by atoms with Crippen LogP contribution in [-0.2, 0) is 0 Å². The Hall–Kier alpha value is -1.49. The third kappa shape index (κ3) is 2.67. The molecule has 4 nitrogen and oxygen atoms in total. The number of nitrogens with zero attached hydrogens (tertiary/aromatic N) is 2. The number of methoxy groups -OCH3 is 1. The second kappa shape index (κ2) is 5.44. The number of nitrogen functional groups attached to an aromatic ring is 1.